The molecule has 26 heavy (non-hydrogen) atoms. The number of benzene rings is 1. The van der Waals surface area contributed by atoms with Gasteiger partial charge in [-0.15, -0.1) is 0 Å². The highest BCUT2D eigenvalue weighted by Gasteiger charge is 2.06. The molecule has 0 radical (unpaired) electrons. The lowest BCUT2D eigenvalue weighted by Gasteiger charge is -2.19. The molecule has 2 aromatic rings. The molecule has 0 aliphatic heterocycles. The Bertz CT molecular complexity index is 727. The van der Waals surface area contributed by atoms with Crippen molar-refractivity contribution in [1.82, 2.24) is 4.98 Å². The molecule has 0 bridgehead atoms. The average molecular weight is 357 g/mol. The maximum atomic E-state index is 5.98. The van der Waals surface area contributed by atoms with Gasteiger partial charge in [-0.25, -0.2) is 9.98 Å². The minimum Gasteiger partial charge on any atom is -0.493 e. The standard InChI is InChI=1S/C19H27N5O2/c1-5-24(6-2)18-10-7-14(12-21-18)13-22-19(20)23-15-8-9-16(25-3)17(11-15)26-4/h7-12H,5-6,13H2,1-4H3,(H3,20,22,23). The number of nitrogens with two attached hydrogens (primary N) is 1. The van der Waals surface area contributed by atoms with Gasteiger partial charge in [-0.3, -0.25) is 0 Å². The molecule has 0 unspecified atom stereocenters. The molecule has 1 heterocycles. The Labute approximate surface area is 154 Å². The number of guanidine groups is 1. The minimum atomic E-state index is 0.324. The number of aromatic nitrogens is 1. The van der Waals surface area contributed by atoms with Crippen LogP contribution in [0.3, 0.4) is 0 Å². The normalized spacial score (nSPS) is 11.2. The lowest BCUT2D eigenvalue weighted by atomic mass is 10.2. The summed E-state index contributed by atoms with van der Waals surface area (Å²) in [6, 6.07) is 9.50. The Kier molecular flexibility index (Phi) is 7.08. The molecule has 7 heteroatoms. The van der Waals surface area contributed by atoms with Crippen LogP contribution in [0.5, 0.6) is 11.5 Å². The number of hydrogen-bond donors (Lipinski definition) is 2. The van der Waals surface area contributed by atoms with Crippen molar-refractivity contribution in [2.24, 2.45) is 10.7 Å². The van der Waals surface area contributed by atoms with Crippen molar-refractivity contribution in [2.45, 2.75) is 20.4 Å². The van der Waals surface area contributed by atoms with Crippen LogP contribution >= 0.6 is 0 Å². The molecular weight excluding hydrogens is 330 g/mol. The van der Waals surface area contributed by atoms with Crippen LogP contribution in [-0.4, -0.2) is 38.3 Å². The van der Waals surface area contributed by atoms with Crippen LogP contribution in [0.4, 0.5) is 11.5 Å². The van der Waals surface area contributed by atoms with E-state index in [0.717, 1.165) is 30.2 Å². The molecule has 0 fully saturated rings. The Morgan fingerprint density at radius 2 is 1.85 bits per heavy atom. The molecule has 0 spiro atoms. The summed E-state index contributed by atoms with van der Waals surface area (Å²) in [4.78, 5) is 11.0. The highest BCUT2D eigenvalue weighted by Crippen LogP contribution is 2.29. The lowest BCUT2D eigenvalue weighted by molar-refractivity contribution is 0.355. The summed E-state index contributed by atoms with van der Waals surface area (Å²) in [5, 5.41) is 3.05. The predicted molar refractivity (Wildman–Crippen MR) is 106 cm³/mol. The fourth-order valence-electron chi connectivity index (χ4n) is 2.52. The highest BCUT2D eigenvalue weighted by atomic mass is 16.5. The van der Waals surface area contributed by atoms with Crippen LogP contribution < -0.4 is 25.4 Å². The van der Waals surface area contributed by atoms with Gasteiger partial charge in [0.05, 0.1) is 20.8 Å². The fourth-order valence-corrected chi connectivity index (χ4v) is 2.52. The van der Waals surface area contributed by atoms with E-state index in [2.05, 4.69) is 34.0 Å². The second-order valence-corrected chi connectivity index (χ2v) is 5.59. The van der Waals surface area contributed by atoms with E-state index >= 15 is 0 Å². The van der Waals surface area contributed by atoms with Gasteiger partial charge in [0, 0.05) is 31.0 Å². The van der Waals surface area contributed by atoms with Crippen molar-refractivity contribution in [2.75, 3.05) is 37.5 Å². The third-order valence-electron chi connectivity index (χ3n) is 3.98. The molecule has 140 valence electrons. The van der Waals surface area contributed by atoms with Gasteiger partial charge in [0.2, 0.25) is 0 Å². The smallest absolute Gasteiger partial charge is 0.193 e. The summed E-state index contributed by atoms with van der Waals surface area (Å²) in [6.45, 7) is 6.55. The first kappa shape index (κ1) is 19.4. The summed E-state index contributed by atoms with van der Waals surface area (Å²) in [5.41, 5.74) is 7.75. The summed E-state index contributed by atoms with van der Waals surface area (Å²) in [7, 11) is 3.19. The monoisotopic (exact) mass is 357 g/mol. The molecular formula is C19H27N5O2. The van der Waals surface area contributed by atoms with Crippen LogP contribution in [0.15, 0.2) is 41.5 Å². The Balaban J connectivity index is 2.00. The van der Waals surface area contributed by atoms with Gasteiger partial charge in [0.25, 0.3) is 0 Å². The zero-order chi connectivity index (χ0) is 18.9. The second-order valence-electron chi connectivity index (χ2n) is 5.59. The van der Waals surface area contributed by atoms with E-state index in [1.807, 2.05) is 36.5 Å². The first-order chi connectivity index (χ1) is 12.6. The van der Waals surface area contributed by atoms with Crippen molar-refractivity contribution in [1.29, 1.82) is 0 Å². The van der Waals surface area contributed by atoms with Gasteiger partial charge in [0.1, 0.15) is 5.82 Å². The zero-order valence-electron chi connectivity index (χ0n) is 15.8. The third-order valence-corrected chi connectivity index (χ3v) is 3.98. The largest absolute Gasteiger partial charge is 0.493 e. The van der Waals surface area contributed by atoms with Gasteiger partial charge in [0.15, 0.2) is 17.5 Å². The number of aliphatic imine (C=N–C) groups is 1. The van der Waals surface area contributed by atoms with E-state index in [1.165, 1.54) is 0 Å². The van der Waals surface area contributed by atoms with Crippen LogP contribution in [0.25, 0.3) is 0 Å². The van der Waals surface area contributed by atoms with E-state index < -0.39 is 0 Å². The maximum Gasteiger partial charge on any atom is 0.193 e. The van der Waals surface area contributed by atoms with Gasteiger partial charge in [-0.05, 0) is 37.6 Å². The molecule has 0 saturated carbocycles. The molecule has 0 aliphatic rings. The highest BCUT2D eigenvalue weighted by molar-refractivity contribution is 5.92. The first-order valence-electron chi connectivity index (χ1n) is 8.60. The molecule has 7 nitrogen and oxygen atoms in total. The molecule has 0 atom stereocenters. The maximum absolute atomic E-state index is 5.98. The fraction of sp³-hybridized carbons (Fsp3) is 0.368. The van der Waals surface area contributed by atoms with E-state index in [0.29, 0.717) is 24.0 Å². The van der Waals surface area contributed by atoms with Crippen molar-refractivity contribution in [3.05, 3.63) is 42.1 Å². The summed E-state index contributed by atoms with van der Waals surface area (Å²) < 4.78 is 10.5. The van der Waals surface area contributed by atoms with Gasteiger partial charge >= 0.3 is 0 Å². The molecule has 1 aromatic carbocycles. The quantitative estimate of drug-likeness (QED) is 0.558. The van der Waals surface area contributed by atoms with Gasteiger partial charge in [-0.1, -0.05) is 6.07 Å². The second kappa shape index (κ2) is 9.50. The van der Waals surface area contributed by atoms with Gasteiger partial charge in [-0.2, -0.15) is 0 Å². The number of nitrogens with zero attached hydrogens (tertiary/aromatic N) is 3. The number of methoxy groups -OCH3 is 2. The molecule has 0 aliphatic carbocycles. The lowest BCUT2D eigenvalue weighted by Crippen LogP contribution is -2.23. The minimum absolute atomic E-state index is 0.324. The Hall–Kier alpha value is -2.96. The Morgan fingerprint density at radius 1 is 1.12 bits per heavy atom. The summed E-state index contributed by atoms with van der Waals surface area (Å²) in [6.07, 6.45) is 1.83. The third kappa shape index (κ3) is 5.02. The number of hydrogen-bond acceptors (Lipinski definition) is 5. The van der Waals surface area contributed by atoms with Crippen molar-refractivity contribution in [3.8, 4) is 11.5 Å². The average Bonchev–Trinajstić information content (AvgIpc) is 2.68. The number of pyridine rings is 1. The summed E-state index contributed by atoms with van der Waals surface area (Å²) in [5.74, 6) is 2.58. The molecule has 0 saturated heterocycles. The zero-order valence-corrected chi connectivity index (χ0v) is 15.8. The Morgan fingerprint density at radius 3 is 2.42 bits per heavy atom. The molecule has 3 N–H and O–H groups in total. The predicted octanol–water partition coefficient (Wildman–Crippen LogP) is 2.87. The topological polar surface area (TPSA) is 85.0 Å². The summed E-state index contributed by atoms with van der Waals surface area (Å²) >= 11 is 0. The van der Waals surface area contributed by atoms with Gasteiger partial charge < -0.3 is 25.4 Å². The van der Waals surface area contributed by atoms with Crippen molar-refractivity contribution in [3.63, 3.8) is 0 Å². The van der Waals surface area contributed by atoms with E-state index in [-0.39, 0.29) is 0 Å². The molecule has 0 amide bonds. The molecule has 2 rings (SSSR count). The first-order valence-corrected chi connectivity index (χ1v) is 8.60. The number of nitrogens with one attached hydrogen (secondary N) is 1. The number of ether oxygens (including phenoxy) is 2. The van der Waals surface area contributed by atoms with E-state index in [4.69, 9.17) is 15.2 Å². The van der Waals surface area contributed by atoms with E-state index in [1.54, 1.807) is 14.2 Å². The van der Waals surface area contributed by atoms with Crippen molar-refractivity contribution >= 4 is 17.5 Å². The van der Waals surface area contributed by atoms with Crippen molar-refractivity contribution < 1.29 is 9.47 Å². The SMILES string of the molecule is CCN(CC)c1ccc(CN=C(N)Nc2ccc(OC)c(OC)c2)cn1. The van der Waals surface area contributed by atoms with Crippen LogP contribution in [0, 0.1) is 0 Å². The number of rotatable bonds is 8. The number of anilines is 2. The van der Waals surface area contributed by atoms with Crippen LogP contribution in [-0.2, 0) is 6.54 Å². The van der Waals surface area contributed by atoms with Crippen LogP contribution in [0.1, 0.15) is 19.4 Å². The molecule has 1 aromatic heterocycles. The van der Waals surface area contributed by atoms with E-state index in [9.17, 15) is 0 Å². The van der Waals surface area contributed by atoms with Crippen LogP contribution in [0.2, 0.25) is 0 Å².